The van der Waals surface area contributed by atoms with E-state index in [4.69, 9.17) is 4.74 Å². The van der Waals surface area contributed by atoms with Crippen LogP contribution in [0.15, 0.2) is 6.20 Å². The number of ether oxygens (including phenoxy) is 1. The molecule has 0 aliphatic heterocycles. The van der Waals surface area contributed by atoms with E-state index in [2.05, 4.69) is 9.59 Å². The van der Waals surface area contributed by atoms with Crippen LogP contribution in [0, 0.1) is 0 Å². The number of ketones is 1. The lowest BCUT2D eigenvalue weighted by Crippen LogP contribution is -2.07. The molecule has 0 bridgehead atoms. The van der Waals surface area contributed by atoms with Gasteiger partial charge >= 0.3 is 0 Å². The maximum absolute atomic E-state index is 11.2. The molecule has 1 heterocycles. The molecule has 0 radical (unpaired) electrons. The van der Waals surface area contributed by atoms with Crippen molar-refractivity contribution in [3.05, 3.63) is 11.1 Å². The molecule has 1 aromatic heterocycles. The molecule has 5 heteroatoms. The van der Waals surface area contributed by atoms with E-state index in [-0.39, 0.29) is 12.4 Å². The molecule has 1 rings (SSSR count). The number of carbonyl (C=O) groups is 1. The third-order valence-corrected chi connectivity index (χ3v) is 1.92. The van der Waals surface area contributed by atoms with E-state index in [1.165, 1.54) is 6.20 Å². The quantitative estimate of drug-likeness (QED) is 0.511. The minimum absolute atomic E-state index is 0.0431. The molecule has 0 aliphatic carbocycles. The predicted molar refractivity (Wildman–Crippen MR) is 45.3 cm³/mol. The van der Waals surface area contributed by atoms with Crippen molar-refractivity contribution in [2.45, 2.75) is 13.3 Å². The molecule has 0 atom stereocenters. The highest BCUT2D eigenvalue weighted by molar-refractivity contribution is 7.07. The summed E-state index contributed by atoms with van der Waals surface area (Å²) in [5, 5.41) is 3.56. The van der Waals surface area contributed by atoms with Crippen molar-refractivity contribution < 1.29 is 9.53 Å². The van der Waals surface area contributed by atoms with Gasteiger partial charge in [0.05, 0.1) is 6.20 Å². The van der Waals surface area contributed by atoms with Crippen molar-refractivity contribution in [3.63, 3.8) is 0 Å². The van der Waals surface area contributed by atoms with E-state index < -0.39 is 0 Å². The summed E-state index contributed by atoms with van der Waals surface area (Å²) in [6.45, 7) is 2.76. The monoisotopic (exact) mass is 186 g/mol. The minimum Gasteiger partial charge on any atom is -0.373 e. The molecular formula is C7H10N2O2S. The van der Waals surface area contributed by atoms with Crippen LogP contribution in [-0.2, 0) is 4.74 Å². The first-order valence-corrected chi connectivity index (χ1v) is 4.50. The van der Waals surface area contributed by atoms with Gasteiger partial charge in [-0.3, -0.25) is 4.79 Å². The zero-order valence-corrected chi connectivity index (χ0v) is 7.63. The van der Waals surface area contributed by atoms with E-state index in [9.17, 15) is 4.79 Å². The first kappa shape index (κ1) is 9.28. The van der Waals surface area contributed by atoms with Gasteiger partial charge in [0.1, 0.15) is 11.5 Å². The topological polar surface area (TPSA) is 52.1 Å². The average molecular weight is 186 g/mol. The Hall–Kier alpha value is -0.810. The minimum atomic E-state index is -0.0431. The first-order valence-electron chi connectivity index (χ1n) is 3.73. The summed E-state index contributed by atoms with van der Waals surface area (Å²) in [4.78, 5) is 11.7. The van der Waals surface area contributed by atoms with Crippen LogP contribution in [0.2, 0.25) is 0 Å². The summed E-state index contributed by atoms with van der Waals surface area (Å²) in [6.07, 6.45) is 2.39. The smallest absolute Gasteiger partial charge is 0.201 e. The summed E-state index contributed by atoms with van der Waals surface area (Å²) in [5.41, 5.74) is 0. The highest BCUT2D eigenvalue weighted by Gasteiger charge is 2.07. The van der Waals surface area contributed by atoms with Gasteiger partial charge in [0.15, 0.2) is 0 Å². The van der Waals surface area contributed by atoms with Gasteiger partial charge < -0.3 is 4.74 Å². The standard InChI is InChI=1S/C7H10N2O2S/c1-2-3-11-5-6(10)7-4-8-9-12-7/h4H,2-3,5H2,1H3. The summed E-state index contributed by atoms with van der Waals surface area (Å²) in [7, 11) is 0. The second kappa shape index (κ2) is 4.95. The van der Waals surface area contributed by atoms with Crippen LogP contribution >= 0.6 is 11.5 Å². The first-order chi connectivity index (χ1) is 5.84. The molecule has 0 amide bonds. The Morgan fingerprint density at radius 1 is 1.75 bits per heavy atom. The lowest BCUT2D eigenvalue weighted by atomic mass is 10.4. The Bertz CT molecular complexity index is 236. The van der Waals surface area contributed by atoms with Crippen molar-refractivity contribution in [1.82, 2.24) is 9.59 Å². The lowest BCUT2D eigenvalue weighted by Gasteiger charge is -1.97. The number of rotatable bonds is 5. The number of Topliss-reactive ketones (excluding diaryl/α,β-unsaturated/α-hetero) is 1. The molecule has 0 saturated carbocycles. The maximum Gasteiger partial charge on any atom is 0.201 e. The molecule has 0 unspecified atom stereocenters. The van der Waals surface area contributed by atoms with Gasteiger partial charge in [-0.05, 0) is 18.0 Å². The van der Waals surface area contributed by atoms with E-state index in [1.807, 2.05) is 6.92 Å². The van der Waals surface area contributed by atoms with E-state index >= 15 is 0 Å². The molecule has 0 fully saturated rings. The van der Waals surface area contributed by atoms with E-state index in [1.54, 1.807) is 0 Å². The fourth-order valence-electron chi connectivity index (χ4n) is 0.670. The number of carbonyl (C=O) groups excluding carboxylic acids is 1. The van der Waals surface area contributed by atoms with Gasteiger partial charge in [0, 0.05) is 6.61 Å². The molecule has 12 heavy (non-hydrogen) atoms. The van der Waals surface area contributed by atoms with Gasteiger partial charge in [-0.15, -0.1) is 5.10 Å². The van der Waals surface area contributed by atoms with Gasteiger partial charge in [-0.25, -0.2) is 0 Å². The molecule has 1 aromatic rings. The van der Waals surface area contributed by atoms with Crippen LogP contribution in [0.5, 0.6) is 0 Å². The summed E-state index contributed by atoms with van der Waals surface area (Å²) in [6, 6.07) is 0. The van der Waals surface area contributed by atoms with E-state index in [0.717, 1.165) is 18.0 Å². The Balaban J connectivity index is 2.30. The van der Waals surface area contributed by atoms with Crippen LogP contribution in [0.3, 0.4) is 0 Å². The molecular weight excluding hydrogens is 176 g/mol. The second-order valence-corrected chi connectivity index (χ2v) is 3.04. The Kier molecular flexibility index (Phi) is 3.83. The van der Waals surface area contributed by atoms with Crippen LogP contribution in [-0.4, -0.2) is 28.6 Å². The molecule has 0 N–H and O–H groups in total. The molecule has 0 aromatic carbocycles. The van der Waals surface area contributed by atoms with Crippen molar-refractivity contribution in [1.29, 1.82) is 0 Å². The summed E-state index contributed by atoms with van der Waals surface area (Å²) in [5.74, 6) is -0.0431. The Labute approximate surface area is 74.7 Å². The highest BCUT2D eigenvalue weighted by atomic mass is 32.1. The van der Waals surface area contributed by atoms with Crippen molar-refractivity contribution in [2.24, 2.45) is 0 Å². The van der Waals surface area contributed by atoms with Gasteiger partial charge in [0.25, 0.3) is 0 Å². The summed E-state index contributed by atoms with van der Waals surface area (Å²) >= 11 is 1.10. The van der Waals surface area contributed by atoms with Crippen molar-refractivity contribution in [3.8, 4) is 0 Å². The molecule has 0 spiro atoms. The number of hydrogen-bond donors (Lipinski definition) is 0. The van der Waals surface area contributed by atoms with Crippen molar-refractivity contribution in [2.75, 3.05) is 13.2 Å². The third kappa shape index (κ3) is 2.67. The zero-order valence-electron chi connectivity index (χ0n) is 6.82. The number of nitrogens with zero attached hydrogens (tertiary/aromatic N) is 2. The van der Waals surface area contributed by atoms with Gasteiger partial charge in [-0.1, -0.05) is 11.4 Å². The van der Waals surface area contributed by atoms with Gasteiger partial charge in [-0.2, -0.15) is 0 Å². The van der Waals surface area contributed by atoms with E-state index in [0.29, 0.717) is 11.5 Å². The van der Waals surface area contributed by atoms with Gasteiger partial charge in [0.2, 0.25) is 5.78 Å². The largest absolute Gasteiger partial charge is 0.373 e. The highest BCUT2D eigenvalue weighted by Crippen LogP contribution is 2.03. The SMILES string of the molecule is CCCOCC(=O)c1cnns1. The fourth-order valence-corrected chi connectivity index (χ4v) is 1.11. The van der Waals surface area contributed by atoms with Crippen LogP contribution in [0.25, 0.3) is 0 Å². The summed E-state index contributed by atoms with van der Waals surface area (Å²) < 4.78 is 8.66. The van der Waals surface area contributed by atoms with Crippen molar-refractivity contribution >= 4 is 17.3 Å². The Morgan fingerprint density at radius 2 is 2.58 bits per heavy atom. The fraction of sp³-hybridized carbons (Fsp3) is 0.571. The second-order valence-electron chi connectivity index (χ2n) is 2.26. The predicted octanol–water partition coefficient (Wildman–Crippen LogP) is 1.15. The normalized spacial score (nSPS) is 10.1. The molecule has 0 aliphatic rings. The zero-order chi connectivity index (χ0) is 8.81. The lowest BCUT2D eigenvalue weighted by molar-refractivity contribution is 0.0765. The molecule has 4 nitrogen and oxygen atoms in total. The van der Waals surface area contributed by atoms with Crippen LogP contribution < -0.4 is 0 Å². The average Bonchev–Trinajstić information content (AvgIpc) is 2.56. The number of hydrogen-bond acceptors (Lipinski definition) is 5. The molecule has 66 valence electrons. The van der Waals surface area contributed by atoms with Crippen LogP contribution in [0.4, 0.5) is 0 Å². The third-order valence-electron chi connectivity index (χ3n) is 1.22. The van der Waals surface area contributed by atoms with Crippen LogP contribution in [0.1, 0.15) is 23.0 Å². The maximum atomic E-state index is 11.2. The molecule has 0 saturated heterocycles. The number of aromatic nitrogens is 2. The Morgan fingerprint density at radius 3 is 3.17 bits per heavy atom.